The average Bonchev–Trinajstić information content (AvgIpc) is 2.39. The Labute approximate surface area is 123 Å². The fourth-order valence-electron chi connectivity index (χ4n) is 3.06. The first-order valence-corrected chi connectivity index (χ1v) is 10.2. The molecule has 0 radical (unpaired) electrons. The highest BCUT2D eigenvalue weighted by molar-refractivity contribution is 7.24. The van der Waals surface area contributed by atoms with Gasteiger partial charge in [-0.05, 0) is 36.8 Å². The van der Waals surface area contributed by atoms with E-state index in [9.17, 15) is 0 Å². The number of nitrogens with zero attached hydrogens (tertiary/aromatic N) is 2. The molecule has 0 spiro atoms. The Balaban J connectivity index is 2.48. The lowest BCUT2D eigenvalue weighted by atomic mass is 10.3. The number of benzene rings is 1. The van der Waals surface area contributed by atoms with Crippen molar-refractivity contribution in [3.8, 4) is 0 Å². The van der Waals surface area contributed by atoms with E-state index in [0.717, 1.165) is 13.1 Å². The van der Waals surface area contributed by atoms with Gasteiger partial charge >= 0.3 is 7.71 Å². The van der Waals surface area contributed by atoms with Gasteiger partial charge in [-0.15, -0.1) is 11.1 Å². The fraction of sp³-hybridized carbons (Fsp3) is 0.600. The molecule has 1 heterocycles. The van der Waals surface area contributed by atoms with Crippen molar-refractivity contribution in [2.24, 2.45) is 0 Å². The summed E-state index contributed by atoms with van der Waals surface area (Å²) in [4.78, 5) is 0. The molecule has 106 valence electrons. The van der Waals surface area contributed by atoms with Crippen molar-refractivity contribution in [2.45, 2.75) is 46.2 Å². The molecule has 0 amide bonds. The molecule has 1 saturated heterocycles. The molecule has 1 fully saturated rings. The van der Waals surface area contributed by atoms with Crippen LogP contribution < -0.4 is 5.19 Å². The molecule has 0 bridgehead atoms. The van der Waals surface area contributed by atoms with Gasteiger partial charge < -0.3 is 0 Å². The van der Waals surface area contributed by atoms with E-state index in [1.807, 2.05) is 0 Å². The van der Waals surface area contributed by atoms with Gasteiger partial charge in [0.15, 0.2) is 0 Å². The number of rotatable bonds is 3. The van der Waals surface area contributed by atoms with E-state index in [1.54, 1.807) is 0 Å². The van der Waals surface area contributed by atoms with Crippen LogP contribution in [-0.2, 0) is 0 Å². The third kappa shape index (κ3) is 2.75. The Kier molecular flexibility index (Phi) is 4.72. The van der Waals surface area contributed by atoms with Gasteiger partial charge in [-0.2, -0.15) is 0 Å². The smallest absolute Gasteiger partial charge is 0.294 e. The van der Waals surface area contributed by atoms with E-state index in [1.165, 1.54) is 11.6 Å². The van der Waals surface area contributed by atoms with E-state index in [0.29, 0.717) is 12.1 Å². The van der Waals surface area contributed by atoms with Gasteiger partial charge in [-0.1, -0.05) is 58.0 Å². The Morgan fingerprint density at radius 2 is 1.42 bits per heavy atom. The summed E-state index contributed by atoms with van der Waals surface area (Å²) in [6.45, 7) is 11.3. The van der Waals surface area contributed by atoms with Crippen LogP contribution in [0.5, 0.6) is 0 Å². The summed E-state index contributed by atoms with van der Waals surface area (Å²) in [5.74, 6) is 0. The summed E-state index contributed by atoms with van der Waals surface area (Å²) in [6, 6.07) is 11.7. The minimum absolute atomic E-state index is 0.492. The molecule has 1 aromatic carbocycles. The molecular weight excluding hydrogens is 272 g/mol. The molecule has 0 saturated carbocycles. The molecule has 0 N–H and O–H groups in total. The topological polar surface area (TPSA) is 6.48 Å². The minimum atomic E-state index is -2.26. The number of hydrogen-bond donors (Lipinski definition) is 0. The van der Waals surface area contributed by atoms with E-state index in [4.69, 9.17) is 11.1 Å². The van der Waals surface area contributed by atoms with Gasteiger partial charge in [0, 0.05) is 0 Å². The molecule has 1 aliphatic rings. The fourth-order valence-corrected chi connectivity index (χ4v) is 9.00. The highest BCUT2D eigenvalue weighted by atomic mass is 35.6. The van der Waals surface area contributed by atoms with Crippen LogP contribution in [0.25, 0.3) is 0 Å². The maximum absolute atomic E-state index is 7.31. The SMILES string of the molecule is CC(C)N1CCCN(C(C)C)[Si]1(Cl)c1ccccc1. The van der Waals surface area contributed by atoms with Crippen molar-refractivity contribution >= 4 is 24.0 Å². The predicted molar refractivity (Wildman–Crippen MR) is 86.0 cm³/mol. The van der Waals surface area contributed by atoms with Gasteiger partial charge in [0.25, 0.3) is 0 Å². The Hall–Kier alpha value is -0.353. The van der Waals surface area contributed by atoms with Gasteiger partial charge in [-0.25, -0.2) is 0 Å². The normalized spacial score (nSPS) is 21.2. The average molecular weight is 297 g/mol. The number of halogens is 1. The van der Waals surface area contributed by atoms with Gasteiger partial charge in [0.2, 0.25) is 0 Å². The Morgan fingerprint density at radius 1 is 0.947 bits per heavy atom. The third-order valence-electron chi connectivity index (χ3n) is 3.95. The second-order valence-corrected chi connectivity index (χ2v) is 10.4. The molecule has 2 rings (SSSR count). The summed E-state index contributed by atoms with van der Waals surface area (Å²) in [6.07, 6.45) is 1.21. The second kappa shape index (κ2) is 5.96. The highest BCUT2D eigenvalue weighted by Gasteiger charge is 2.50. The summed E-state index contributed by atoms with van der Waals surface area (Å²) >= 11 is 7.31. The molecule has 2 nitrogen and oxygen atoms in total. The maximum atomic E-state index is 7.31. The highest BCUT2D eigenvalue weighted by Crippen LogP contribution is 2.29. The summed E-state index contributed by atoms with van der Waals surface area (Å²) in [5.41, 5.74) is 0. The van der Waals surface area contributed by atoms with Crippen LogP contribution in [0.2, 0.25) is 0 Å². The van der Waals surface area contributed by atoms with Crippen LogP contribution in [0, 0.1) is 0 Å². The summed E-state index contributed by atoms with van der Waals surface area (Å²) < 4.78 is 5.10. The van der Waals surface area contributed by atoms with E-state index in [-0.39, 0.29) is 0 Å². The van der Waals surface area contributed by atoms with Crippen LogP contribution in [0.15, 0.2) is 30.3 Å². The second-order valence-electron chi connectivity index (χ2n) is 5.88. The van der Waals surface area contributed by atoms with Crippen molar-refractivity contribution in [3.05, 3.63) is 30.3 Å². The summed E-state index contributed by atoms with van der Waals surface area (Å²) in [5, 5.41) is 1.32. The lowest BCUT2D eigenvalue weighted by molar-refractivity contribution is 0.225. The van der Waals surface area contributed by atoms with E-state index < -0.39 is 7.71 Å². The quantitative estimate of drug-likeness (QED) is 0.625. The van der Waals surface area contributed by atoms with Crippen LogP contribution in [0.3, 0.4) is 0 Å². The van der Waals surface area contributed by atoms with Crippen LogP contribution in [-0.4, -0.2) is 42.0 Å². The third-order valence-corrected chi connectivity index (χ3v) is 9.97. The molecule has 19 heavy (non-hydrogen) atoms. The van der Waals surface area contributed by atoms with Crippen LogP contribution in [0.4, 0.5) is 0 Å². The molecule has 0 atom stereocenters. The zero-order chi connectivity index (χ0) is 14.0. The van der Waals surface area contributed by atoms with Crippen molar-refractivity contribution in [3.63, 3.8) is 0 Å². The van der Waals surface area contributed by atoms with Crippen LogP contribution >= 0.6 is 11.1 Å². The van der Waals surface area contributed by atoms with Crippen molar-refractivity contribution < 1.29 is 0 Å². The van der Waals surface area contributed by atoms with Crippen molar-refractivity contribution in [1.82, 2.24) is 9.13 Å². The van der Waals surface area contributed by atoms with E-state index in [2.05, 4.69) is 67.2 Å². The molecule has 0 aliphatic carbocycles. The molecule has 0 aromatic heterocycles. The zero-order valence-electron chi connectivity index (χ0n) is 12.4. The molecule has 1 aromatic rings. The van der Waals surface area contributed by atoms with Crippen molar-refractivity contribution in [1.29, 1.82) is 0 Å². The first-order chi connectivity index (χ1) is 8.98. The first-order valence-electron chi connectivity index (χ1n) is 7.26. The standard InChI is InChI=1S/C15H25ClN2Si/c1-13(2)17-11-8-12-18(14(3)4)19(17,16)15-9-6-5-7-10-15/h5-7,9-10,13-14H,8,11-12H2,1-4H3. The number of hydrogen-bond acceptors (Lipinski definition) is 2. The maximum Gasteiger partial charge on any atom is 0.340 e. The molecule has 0 unspecified atom stereocenters. The zero-order valence-corrected chi connectivity index (χ0v) is 14.2. The Morgan fingerprint density at radius 3 is 1.84 bits per heavy atom. The van der Waals surface area contributed by atoms with Gasteiger partial charge in [-0.3, -0.25) is 9.13 Å². The largest absolute Gasteiger partial charge is 0.340 e. The van der Waals surface area contributed by atoms with Gasteiger partial charge in [0.05, 0.1) is 0 Å². The minimum Gasteiger partial charge on any atom is -0.294 e. The van der Waals surface area contributed by atoms with Crippen LogP contribution in [0.1, 0.15) is 34.1 Å². The lowest BCUT2D eigenvalue weighted by Gasteiger charge is -2.51. The van der Waals surface area contributed by atoms with Gasteiger partial charge in [0.1, 0.15) is 0 Å². The first kappa shape index (κ1) is 15.0. The summed E-state index contributed by atoms with van der Waals surface area (Å²) in [7, 11) is -2.26. The molecule has 4 heteroatoms. The molecular formula is C15H25ClN2Si. The lowest BCUT2D eigenvalue weighted by Crippen LogP contribution is -2.74. The predicted octanol–water partition coefficient (Wildman–Crippen LogP) is 2.90. The monoisotopic (exact) mass is 296 g/mol. The Bertz CT molecular complexity index is 392. The molecule has 1 aliphatic heterocycles. The van der Waals surface area contributed by atoms with E-state index >= 15 is 0 Å². The van der Waals surface area contributed by atoms with Crippen molar-refractivity contribution in [2.75, 3.05) is 13.1 Å².